The average molecular weight is 364 g/mol. The molecule has 1 aromatic rings. The Morgan fingerprint density at radius 2 is 1.68 bits per heavy atom. The van der Waals surface area contributed by atoms with Crippen LogP contribution in [0.15, 0.2) is 24.3 Å². The van der Waals surface area contributed by atoms with Crippen molar-refractivity contribution in [3.63, 3.8) is 0 Å². The maximum Gasteiger partial charge on any atom is 0.317 e. The molecule has 25 heavy (non-hydrogen) atoms. The zero-order chi connectivity index (χ0) is 17.6. The molecular weight excluding hydrogens is 338 g/mol. The molecule has 0 bridgehead atoms. The van der Waals surface area contributed by atoms with Gasteiger partial charge in [0.25, 0.3) is 0 Å². The predicted octanol–water partition coefficient (Wildman–Crippen LogP) is 3.27. The van der Waals surface area contributed by atoms with E-state index in [1.54, 1.807) is 4.90 Å². The maximum absolute atomic E-state index is 12.6. The molecule has 0 aromatic heterocycles. The second-order valence-electron chi connectivity index (χ2n) is 6.90. The van der Waals surface area contributed by atoms with Gasteiger partial charge < -0.3 is 15.1 Å². The molecule has 3 amide bonds. The van der Waals surface area contributed by atoms with Crippen LogP contribution >= 0.6 is 11.6 Å². The minimum atomic E-state index is -0.0879. The number of carbonyl (C=O) groups excluding carboxylic acids is 2. The Kier molecular flexibility index (Phi) is 6.19. The molecule has 1 aliphatic heterocycles. The van der Waals surface area contributed by atoms with Crippen molar-refractivity contribution >= 4 is 23.5 Å². The fourth-order valence-corrected chi connectivity index (χ4v) is 3.90. The van der Waals surface area contributed by atoms with Crippen LogP contribution < -0.4 is 5.32 Å². The summed E-state index contributed by atoms with van der Waals surface area (Å²) in [5.74, 6) is 0.497. The minimum Gasteiger partial charge on any atom is -0.341 e. The molecule has 136 valence electrons. The van der Waals surface area contributed by atoms with E-state index < -0.39 is 0 Å². The first kappa shape index (κ1) is 18.1. The highest BCUT2D eigenvalue weighted by molar-refractivity contribution is 6.31. The molecule has 0 atom stereocenters. The molecule has 5 nitrogen and oxygen atoms in total. The number of urea groups is 1. The standard InChI is InChI=1S/C19H26ClN3O2/c20-17-9-4-3-8-16(17)14-21-19(25)23-11-5-10-22(12-13-23)18(24)15-6-1-2-7-15/h3-4,8-9,15H,1-2,5-7,10-14H2,(H,21,25). The Bertz CT molecular complexity index is 616. The molecule has 2 fully saturated rings. The molecular formula is C19H26ClN3O2. The Labute approximate surface area is 154 Å². The van der Waals surface area contributed by atoms with Crippen LogP contribution in [0.1, 0.15) is 37.7 Å². The fraction of sp³-hybridized carbons (Fsp3) is 0.579. The van der Waals surface area contributed by atoms with Gasteiger partial charge in [-0.3, -0.25) is 4.79 Å². The number of hydrogen-bond acceptors (Lipinski definition) is 2. The third-order valence-corrected chi connectivity index (χ3v) is 5.56. The molecule has 1 N–H and O–H groups in total. The number of hydrogen-bond donors (Lipinski definition) is 1. The highest BCUT2D eigenvalue weighted by atomic mass is 35.5. The van der Waals surface area contributed by atoms with Gasteiger partial charge in [-0.2, -0.15) is 0 Å². The van der Waals surface area contributed by atoms with Crippen molar-refractivity contribution in [2.24, 2.45) is 5.92 Å². The quantitative estimate of drug-likeness (QED) is 0.896. The van der Waals surface area contributed by atoms with Crippen molar-refractivity contribution in [2.75, 3.05) is 26.2 Å². The summed E-state index contributed by atoms with van der Waals surface area (Å²) in [6.45, 7) is 3.08. The van der Waals surface area contributed by atoms with E-state index in [0.29, 0.717) is 31.2 Å². The zero-order valence-electron chi connectivity index (χ0n) is 14.5. The van der Waals surface area contributed by atoms with Crippen molar-refractivity contribution in [3.05, 3.63) is 34.9 Å². The summed E-state index contributed by atoms with van der Waals surface area (Å²) in [6.07, 6.45) is 5.22. The van der Waals surface area contributed by atoms with Crippen LogP contribution in [0.4, 0.5) is 4.79 Å². The molecule has 0 unspecified atom stereocenters. The van der Waals surface area contributed by atoms with Gasteiger partial charge in [-0.1, -0.05) is 42.6 Å². The number of nitrogens with zero attached hydrogens (tertiary/aromatic N) is 2. The van der Waals surface area contributed by atoms with Gasteiger partial charge in [-0.25, -0.2) is 4.79 Å². The van der Waals surface area contributed by atoms with Crippen molar-refractivity contribution in [2.45, 2.75) is 38.6 Å². The number of rotatable bonds is 3. The predicted molar refractivity (Wildman–Crippen MR) is 98.4 cm³/mol. The van der Waals surface area contributed by atoms with E-state index in [1.165, 1.54) is 12.8 Å². The van der Waals surface area contributed by atoms with Gasteiger partial charge in [0.15, 0.2) is 0 Å². The third-order valence-electron chi connectivity index (χ3n) is 5.19. The summed E-state index contributed by atoms with van der Waals surface area (Å²) in [5.41, 5.74) is 0.908. The second-order valence-corrected chi connectivity index (χ2v) is 7.30. The number of benzene rings is 1. The average Bonchev–Trinajstić information content (AvgIpc) is 3.04. The van der Waals surface area contributed by atoms with Crippen molar-refractivity contribution in [3.8, 4) is 0 Å². The summed E-state index contributed by atoms with van der Waals surface area (Å²) in [5, 5.41) is 3.59. The summed E-state index contributed by atoms with van der Waals surface area (Å²) in [6, 6.07) is 7.42. The number of amides is 3. The van der Waals surface area contributed by atoms with E-state index in [9.17, 15) is 9.59 Å². The number of nitrogens with one attached hydrogen (secondary N) is 1. The van der Waals surface area contributed by atoms with E-state index in [0.717, 1.165) is 31.4 Å². The normalized spacial score (nSPS) is 18.9. The van der Waals surface area contributed by atoms with Crippen LogP contribution in [-0.4, -0.2) is 47.9 Å². The van der Waals surface area contributed by atoms with Gasteiger partial charge in [-0.15, -0.1) is 0 Å². The zero-order valence-corrected chi connectivity index (χ0v) is 15.3. The first-order valence-electron chi connectivity index (χ1n) is 9.20. The highest BCUT2D eigenvalue weighted by Gasteiger charge is 2.29. The Hall–Kier alpha value is -1.75. The number of halogens is 1. The Balaban J connectivity index is 1.49. The first-order valence-corrected chi connectivity index (χ1v) is 9.58. The van der Waals surface area contributed by atoms with Crippen LogP contribution in [0.5, 0.6) is 0 Å². The first-order chi connectivity index (χ1) is 12.1. The third kappa shape index (κ3) is 4.66. The van der Waals surface area contributed by atoms with Gasteiger partial charge in [0.1, 0.15) is 0 Å². The lowest BCUT2D eigenvalue weighted by atomic mass is 10.1. The Morgan fingerprint density at radius 1 is 1.00 bits per heavy atom. The van der Waals surface area contributed by atoms with E-state index in [4.69, 9.17) is 11.6 Å². The van der Waals surface area contributed by atoms with Crippen molar-refractivity contribution in [1.29, 1.82) is 0 Å². The van der Waals surface area contributed by atoms with E-state index in [1.807, 2.05) is 29.2 Å². The van der Waals surface area contributed by atoms with Gasteiger partial charge in [0, 0.05) is 43.7 Å². The van der Waals surface area contributed by atoms with Crippen molar-refractivity contribution in [1.82, 2.24) is 15.1 Å². The van der Waals surface area contributed by atoms with E-state index in [2.05, 4.69) is 5.32 Å². The minimum absolute atomic E-state index is 0.0879. The van der Waals surface area contributed by atoms with Crippen LogP contribution in [0.3, 0.4) is 0 Å². The molecule has 6 heteroatoms. The Morgan fingerprint density at radius 3 is 2.44 bits per heavy atom. The summed E-state index contributed by atoms with van der Waals surface area (Å²) in [7, 11) is 0. The van der Waals surface area contributed by atoms with E-state index in [-0.39, 0.29) is 17.9 Å². The lowest BCUT2D eigenvalue weighted by Crippen LogP contribution is -2.43. The molecule has 1 saturated heterocycles. The summed E-state index contributed by atoms with van der Waals surface area (Å²) >= 11 is 6.13. The lowest BCUT2D eigenvalue weighted by molar-refractivity contribution is -0.135. The molecule has 1 aliphatic carbocycles. The van der Waals surface area contributed by atoms with Gasteiger partial charge in [0.05, 0.1) is 0 Å². The van der Waals surface area contributed by atoms with E-state index >= 15 is 0 Å². The fourth-order valence-electron chi connectivity index (χ4n) is 3.70. The van der Waals surface area contributed by atoms with Gasteiger partial charge >= 0.3 is 6.03 Å². The summed E-state index contributed by atoms with van der Waals surface area (Å²) < 4.78 is 0. The second kappa shape index (κ2) is 8.56. The molecule has 2 aliphatic rings. The monoisotopic (exact) mass is 363 g/mol. The molecule has 1 saturated carbocycles. The lowest BCUT2D eigenvalue weighted by Gasteiger charge is -2.24. The van der Waals surface area contributed by atoms with Crippen molar-refractivity contribution < 1.29 is 9.59 Å². The molecule has 0 radical (unpaired) electrons. The topological polar surface area (TPSA) is 52.7 Å². The summed E-state index contributed by atoms with van der Waals surface area (Å²) in [4.78, 5) is 28.8. The maximum atomic E-state index is 12.6. The SMILES string of the molecule is O=C(NCc1ccccc1Cl)N1CCCN(C(=O)C2CCCC2)CC1. The van der Waals surface area contributed by atoms with Crippen LogP contribution in [0.2, 0.25) is 5.02 Å². The largest absolute Gasteiger partial charge is 0.341 e. The molecule has 1 aromatic carbocycles. The molecule has 0 spiro atoms. The molecule has 1 heterocycles. The van der Waals surface area contributed by atoms with Crippen LogP contribution in [0.25, 0.3) is 0 Å². The van der Waals surface area contributed by atoms with Gasteiger partial charge in [0.2, 0.25) is 5.91 Å². The molecule has 3 rings (SSSR count). The van der Waals surface area contributed by atoms with Crippen LogP contribution in [0, 0.1) is 5.92 Å². The van der Waals surface area contributed by atoms with Crippen LogP contribution in [-0.2, 0) is 11.3 Å². The van der Waals surface area contributed by atoms with Gasteiger partial charge in [-0.05, 0) is 30.9 Å². The smallest absolute Gasteiger partial charge is 0.317 e. The highest BCUT2D eigenvalue weighted by Crippen LogP contribution is 2.27. The number of carbonyl (C=O) groups is 2.